The van der Waals surface area contributed by atoms with E-state index in [1.165, 1.54) is 11.1 Å². The van der Waals surface area contributed by atoms with Crippen LogP contribution in [0.5, 0.6) is 0 Å². The monoisotopic (exact) mass is 363 g/mol. The van der Waals surface area contributed by atoms with Gasteiger partial charge in [0.1, 0.15) is 0 Å². The van der Waals surface area contributed by atoms with Gasteiger partial charge in [0.05, 0.1) is 0 Å². The zero-order chi connectivity index (χ0) is 18.5. The first-order chi connectivity index (χ1) is 13.3. The van der Waals surface area contributed by atoms with E-state index in [9.17, 15) is 4.79 Å². The number of carbonyl (C=O) groups is 1. The number of nitrogens with one attached hydrogen (secondary N) is 1. The Balaban J connectivity index is 1.16. The van der Waals surface area contributed by atoms with Crippen molar-refractivity contribution in [1.82, 2.24) is 15.2 Å². The molecule has 2 aliphatic rings. The summed E-state index contributed by atoms with van der Waals surface area (Å²) in [5.41, 5.74) is 2.90. The number of likely N-dealkylation sites (tertiary alicyclic amines) is 1. The highest BCUT2D eigenvalue weighted by Crippen LogP contribution is 2.59. The van der Waals surface area contributed by atoms with Gasteiger partial charge in [-0.2, -0.15) is 0 Å². The summed E-state index contributed by atoms with van der Waals surface area (Å²) in [7, 11) is 0. The van der Waals surface area contributed by atoms with Crippen LogP contribution in [0.2, 0.25) is 0 Å². The van der Waals surface area contributed by atoms with Crippen molar-refractivity contribution < 1.29 is 4.79 Å². The first-order valence-electron chi connectivity index (χ1n) is 10.2. The van der Waals surface area contributed by atoms with Crippen LogP contribution in [0.25, 0.3) is 0 Å². The van der Waals surface area contributed by atoms with E-state index in [-0.39, 0.29) is 17.2 Å². The van der Waals surface area contributed by atoms with Crippen molar-refractivity contribution in [2.24, 2.45) is 11.3 Å². The van der Waals surface area contributed by atoms with E-state index >= 15 is 0 Å². The highest BCUT2D eigenvalue weighted by Gasteiger charge is 2.58. The molecule has 0 unspecified atom stereocenters. The van der Waals surface area contributed by atoms with Crippen LogP contribution in [0.3, 0.4) is 0 Å². The molecule has 4 rings (SSSR count). The molecule has 2 aromatic rings. The summed E-state index contributed by atoms with van der Waals surface area (Å²) in [6.07, 6.45) is 9.19. The first-order valence-corrected chi connectivity index (χ1v) is 10.2. The van der Waals surface area contributed by atoms with Gasteiger partial charge >= 0.3 is 0 Å². The number of pyridine rings is 1. The first kappa shape index (κ1) is 18.2. The van der Waals surface area contributed by atoms with Crippen molar-refractivity contribution in [2.75, 3.05) is 19.6 Å². The number of benzene rings is 1. The van der Waals surface area contributed by atoms with Gasteiger partial charge in [-0.1, -0.05) is 36.4 Å². The fourth-order valence-electron chi connectivity index (χ4n) is 4.45. The normalized spacial score (nSPS) is 21.1. The molecule has 1 aromatic heterocycles. The number of carbonyl (C=O) groups excluding carboxylic acids is 1. The van der Waals surface area contributed by atoms with Gasteiger partial charge in [-0.25, -0.2) is 0 Å². The van der Waals surface area contributed by atoms with E-state index in [4.69, 9.17) is 0 Å². The van der Waals surface area contributed by atoms with Gasteiger partial charge < -0.3 is 5.32 Å². The smallest absolute Gasteiger partial charge is 0.223 e. The summed E-state index contributed by atoms with van der Waals surface area (Å²) in [5, 5.41) is 3.18. The third kappa shape index (κ3) is 4.56. The molecule has 2 heterocycles. The summed E-state index contributed by atoms with van der Waals surface area (Å²) in [5.74, 6) is 0.526. The fraction of sp³-hybridized carbons (Fsp3) is 0.478. The minimum atomic E-state index is 0.245. The molecule has 1 spiro atoms. The summed E-state index contributed by atoms with van der Waals surface area (Å²) in [6, 6.07) is 14.6. The molecule has 27 heavy (non-hydrogen) atoms. The number of amides is 1. The topological polar surface area (TPSA) is 45.2 Å². The second kappa shape index (κ2) is 8.22. The molecule has 1 N–H and O–H groups in total. The highest BCUT2D eigenvalue weighted by atomic mass is 16.2. The Morgan fingerprint density at radius 1 is 1.11 bits per heavy atom. The maximum absolute atomic E-state index is 12.5. The second-order valence-electron chi connectivity index (χ2n) is 8.14. The van der Waals surface area contributed by atoms with Crippen molar-refractivity contribution in [3.8, 4) is 0 Å². The SMILES string of the molecule is O=C(NCCCc1ccccc1)[C@@H]1CC12CCN(Cc1cccnc1)CC2. The Labute approximate surface area is 162 Å². The van der Waals surface area contributed by atoms with Crippen molar-refractivity contribution in [2.45, 2.75) is 38.6 Å². The maximum atomic E-state index is 12.5. The Bertz CT molecular complexity index is 739. The van der Waals surface area contributed by atoms with Gasteiger partial charge in [0, 0.05) is 31.4 Å². The number of rotatable bonds is 7. The maximum Gasteiger partial charge on any atom is 0.223 e. The van der Waals surface area contributed by atoms with Gasteiger partial charge in [0.25, 0.3) is 0 Å². The van der Waals surface area contributed by atoms with Crippen molar-refractivity contribution >= 4 is 5.91 Å². The number of hydrogen-bond acceptors (Lipinski definition) is 3. The fourth-order valence-corrected chi connectivity index (χ4v) is 4.45. The number of piperidine rings is 1. The minimum Gasteiger partial charge on any atom is -0.356 e. The van der Waals surface area contributed by atoms with E-state index < -0.39 is 0 Å². The molecule has 4 nitrogen and oxygen atoms in total. The predicted molar refractivity (Wildman–Crippen MR) is 107 cm³/mol. The van der Waals surface area contributed by atoms with Gasteiger partial charge in [-0.3, -0.25) is 14.7 Å². The van der Waals surface area contributed by atoms with Gasteiger partial charge in [0.2, 0.25) is 5.91 Å². The zero-order valence-corrected chi connectivity index (χ0v) is 15.9. The molecule has 1 aliphatic heterocycles. The molecular weight excluding hydrogens is 334 g/mol. The lowest BCUT2D eigenvalue weighted by molar-refractivity contribution is -0.123. The molecule has 0 bridgehead atoms. The van der Waals surface area contributed by atoms with E-state index in [2.05, 4.69) is 45.5 Å². The second-order valence-corrected chi connectivity index (χ2v) is 8.14. The number of aryl methyl sites for hydroxylation is 1. The molecule has 2 fully saturated rings. The Morgan fingerprint density at radius 3 is 2.63 bits per heavy atom. The lowest BCUT2D eigenvalue weighted by Gasteiger charge is -2.32. The largest absolute Gasteiger partial charge is 0.356 e. The van der Waals surface area contributed by atoms with Gasteiger partial charge in [0.15, 0.2) is 0 Å². The van der Waals surface area contributed by atoms with Gasteiger partial charge in [-0.05, 0) is 67.8 Å². The molecule has 1 aliphatic carbocycles. The highest BCUT2D eigenvalue weighted by molar-refractivity contribution is 5.82. The molecule has 1 saturated heterocycles. The zero-order valence-electron chi connectivity index (χ0n) is 15.9. The van der Waals surface area contributed by atoms with E-state index in [0.717, 1.165) is 58.3 Å². The van der Waals surface area contributed by atoms with Crippen LogP contribution in [0.1, 0.15) is 36.8 Å². The van der Waals surface area contributed by atoms with Gasteiger partial charge in [-0.15, -0.1) is 0 Å². The number of nitrogens with zero attached hydrogens (tertiary/aromatic N) is 2. The quantitative estimate of drug-likeness (QED) is 0.767. The van der Waals surface area contributed by atoms with Crippen molar-refractivity contribution in [3.63, 3.8) is 0 Å². The van der Waals surface area contributed by atoms with E-state index in [0.29, 0.717) is 0 Å². The molecule has 1 aromatic carbocycles. The van der Waals surface area contributed by atoms with Crippen molar-refractivity contribution in [1.29, 1.82) is 0 Å². The average Bonchev–Trinajstić information content (AvgIpc) is 3.42. The molecular formula is C23H29N3O. The summed E-state index contributed by atoms with van der Waals surface area (Å²) >= 11 is 0. The van der Waals surface area contributed by atoms with E-state index in [1.807, 2.05) is 24.5 Å². The Kier molecular flexibility index (Phi) is 5.53. The third-order valence-corrected chi connectivity index (χ3v) is 6.27. The molecule has 4 heteroatoms. The summed E-state index contributed by atoms with van der Waals surface area (Å²) in [6.45, 7) is 3.94. The van der Waals surface area contributed by atoms with Crippen LogP contribution in [0.4, 0.5) is 0 Å². The number of aromatic nitrogens is 1. The van der Waals surface area contributed by atoms with E-state index in [1.54, 1.807) is 0 Å². The van der Waals surface area contributed by atoms with Crippen LogP contribution in [0.15, 0.2) is 54.9 Å². The standard InChI is InChI=1S/C23H29N3O/c27-22(25-13-5-8-19-6-2-1-3-7-19)21-16-23(21)10-14-26(15-11-23)18-20-9-4-12-24-17-20/h1-4,6-7,9,12,17,21H,5,8,10-11,13-16,18H2,(H,25,27)/t21-/m0/s1. The third-order valence-electron chi connectivity index (χ3n) is 6.27. The molecule has 142 valence electrons. The Morgan fingerprint density at radius 2 is 1.89 bits per heavy atom. The molecule has 1 saturated carbocycles. The molecule has 1 atom stereocenters. The predicted octanol–water partition coefficient (Wildman–Crippen LogP) is 3.43. The lowest BCUT2D eigenvalue weighted by Crippen LogP contribution is -2.37. The number of hydrogen-bond donors (Lipinski definition) is 1. The summed E-state index contributed by atoms with van der Waals surface area (Å²) in [4.78, 5) is 19.2. The van der Waals surface area contributed by atoms with Crippen LogP contribution in [-0.2, 0) is 17.8 Å². The van der Waals surface area contributed by atoms with Crippen molar-refractivity contribution in [3.05, 3.63) is 66.0 Å². The molecule has 1 amide bonds. The minimum absolute atomic E-state index is 0.245. The van der Waals surface area contributed by atoms with Crippen LogP contribution in [-0.4, -0.2) is 35.4 Å². The molecule has 0 radical (unpaired) electrons. The van der Waals surface area contributed by atoms with Crippen LogP contribution >= 0.6 is 0 Å². The average molecular weight is 364 g/mol. The lowest BCUT2D eigenvalue weighted by atomic mass is 9.90. The van der Waals surface area contributed by atoms with Crippen LogP contribution < -0.4 is 5.32 Å². The van der Waals surface area contributed by atoms with Crippen LogP contribution in [0, 0.1) is 11.3 Å². The Hall–Kier alpha value is -2.20. The summed E-state index contributed by atoms with van der Waals surface area (Å²) < 4.78 is 0.